The van der Waals surface area contributed by atoms with Gasteiger partial charge in [-0.3, -0.25) is 0 Å². The van der Waals surface area contributed by atoms with Crippen molar-refractivity contribution in [2.24, 2.45) is 0 Å². The summed E-state index contributed by atoms with van der Waals surface area (Å²) in [7, 11) is 0. The first kappa shape index (κ1) is 74.9. The summed E-state index contributed by atoms with van der Waals surface area (Å²) in [5.41, 5.74) is 36.5. The van der Waals surface area contributed by atoms with Crippen LogP contribution in [0, 0.1) is 0 Å². The van der Waals surface area contributed by atoms with Crippen LogP contribution in [0.5, 0.6) is 0 Å². The minimum atomic E-state index is -0.366. The molecule has 0 amide bonds. The third kappa shape index (κ3) is 12.1. The molecule has 23 aromatic rings. The molecule has 2 aliphatic carbocycles. The maximum absolute atomic E-state index is 6.73. The zero-order valence-corrected chi connectivity index (χ0v) is 72.1. The Morgan fingerprint density at radius 2 is 0.578 bits per heavy atom. The Morgan fingerprint density at radius 1 is 0.195 bits per heavy atom. The predicted octanol–water partition coefficient (Wildman–Crippen LogP) is 35.5. The van der Waals surface area contributed by atoms with Crippen LogP contribution >= 0.6 is 11.3 Å². The number of nitrogens with zero attached hydrogens (tertiary/aromatic N) is 2. The van der Waals surface area contributed by atoms with Gasteiger partial charge in [-0.05, 0) is 263 Å². The largest absolute Gasteiger partial charge is 0.455 e. The Kier molecular flexibility index (Phi) is 17.2. The SMILES string of the molecule is CC1(C)c2cc(-c3cc4ccccc4c4ccccc34)ccc2-c2ccc(N(c3ccc4sc5cc(-c6ccc(-c7ccc(-c8ccccc8)cc7)c(N(c7ccc(-c8cccc9c8oc8ccccc89)cc7)c7ccc8c(c7)C(C)(C)c7cc(-c9cc%10ccccc%10c%10ccccc9%10)ccc7-8)c6)ccc5c4c3)c3ccccc3-c3ccc(-c4ccccc4)cc3)cc21. The molecule has 0 spiro atoms. The summed E-state index contributed by atoms with van der Waals surface area (Å²) in [6.07, 6.45) is 0. The van der Waals surface area contributed by atoms with Crippen molar-refractivity contribution in [1.29, 1.82) is 0 Å². The molecule has 21 aromatic carbocycles. The summed E-state index contributed by atoms with van der Waals surface area (Å²) >= 11 is 1.87. The lowest BCUT2D eigenvalue weighted by Crippen LogP contribution is -2.17. The second-order valence-electron chi connectivity index (χ2n) is 35.7. The van der Waals surface area contributed by atoms with E-state index in [0.717, 1.165) is 101 Å². The van der Waals surface area contributed by atoms with Gasteiger partial charge in [0.25, 0.3) is 0 Å². The highest BCUT2D eigenvalue weighted by Gasteiger charge is 2.39. The van der Waals surface area contributed by atoms with Gasteiger partial charge in [0.2, 0.25) is 0 Å². The summed E-state index contributed by atoms with van der Waals surface area (Å²) in [4.78, 5) is 5.05. The standard InChI is InChI=1S/C124H84N2OS/c1-123(2)113-70-88(110-68-86-28-11-13-30-94(86)99-33-15-17-35-101(99)110)54-62-103(113)105-65-58-92(75-115(105)123)125(90-56-50-83(51-57-90)98-38-23-39-109-107-37-20-22-41-119(107)127-122(98)109)118-72-84(52-61-97(118)82-48-44-80(45-49-82)78-26-9-6-10-27-78)85-53-64-108-112-74-91(60-67-120(112)128-121(108)73-85)126(117-40-21-19-32-96(117)81-46-42-79(43-47-81)77-24-7-5-8-25-77)93-59-66-106-104-63-55-89(71-114(104)124(3,4)116(106)76-93)111-69-87-29-12-14-31-95(87)100-34-16-18-36-102(100)111/h5-76H,1-4H3. The molecule has 0 N–H and O–H groups in total. The van der Waals surface area contributed by atoms with Crippen molar-refractivity contribution in [2.75, 3.05) is 9.80 Å². The maximum atomic E-state index is 6.73. The number of benzene rings is 21. The van der Waals surface area contributed by atoms with Crippen molar-refractivity contribution < 1.29 is 4.42 Å². The lowest BCUT2D eigenvalue weighted by atomic mass is 9.81. The van der Waals surface area contributed by atoms with Crippen LogP contribution in [0.15, 0.2) is 441 Å². The van der Waals surface area contributed by atoms with E-state index in [-0.39, 0.29) is 10.8 Å². The second kappa shape index (κ2) is 29.5. The molecule has 2 heterocycles. The highest BCUT2D eigenvalue weighted by molar-refractivity contribution is 7.25. The van der Waals surface area contributed by atoms with E-state index in [1.807, 2.05) is 11.3 Å². The number of rotatable bonds is 14. The summed E-state index contributed by atoms with van der Waals surface area (Å²) < 4.78 is 9.18. The molecule has 0 unspecified atom stereocenters. The van der Waals surface area contributed by atoms with Gasteiger partial charge in [0.15, 0.2) is 0 Å². The van der Waals surface area contributed by atoms with Crippen molar-refractivity contribution >= 4 is 131 Å². The molecule has 128 heavy (non-hydrogen) atoms. The summed E-state index contributed by atoms with van der Waals surface area (Å²) in [5.74, 6) is 0. The van der Waals surface area contributed by atoms with Crippen LogP contribution < -0.4 is 9.80 Å². The Balaban J connectivity index is 0.629. The number of fused-ring (bicyclic) bond motifs is 18. The number of hydrogen-bond acceptors (Lipinski definition) is 4. The molecule has 0 saturated carbocycles. The Hall–Kier alpha value is -15.7. The van der Waals surface area contributed by atoms with Gasteiger partial charge in [0.05, 0.1) is 11.4 Å². The quantitative estimate of drug-likeness (QED) is 0.101. The van der Waals surface area contributed by atoms with Crippen LogP contribution in [0.25, 0.3) is 196 Å². The van der Waals surface area contributed by atoms with E-state index in [0.29, 0.717) is 0 Å². The van der Waals surface area contributed by atoms with Gasteiger partial charge in [-0.25, -0.2) is 0 Å². The third-order valence-corrected chi connectivity index (χ3v) is 29.0. The fourth-order valence-corrected chi connectivity index (χ4v) is 22.5. The van der Waals surface area contributed by atoms with Crippen molar-refractivity contribution in [3.8, 4) is 111 Å². The number of thiophene rings is 1. The molecule has 2 aromatic heterocycles. The van der Waals surface area contributed by atoms with E-state index in [9.17, 15) is 0 Å². The van der Waals surface area contributed by atoms with E-state index in [4.69, 9.17) is 4.42 Å². The maximum Gasteiger partial charge on any atom is 0.143 e. The van der Waals surface area contributed by atoms with Crippen LogP contribution in [0.4, 0.5) is 34.1 Å². The first-order chi connectivity index (χ1) is 62.9. The smallest absolute Gasteiger partial charge is 0.143 e. The van der Waals surface area contributed by atoms with E-state index < -0.39 is 0 Å². The second-order valence-corrected chi connectivity index (χ2v) is 36.8. The van der Waals surface area contributed by atoms with Crippen LogP contribution in [0.1, 0.15) is 49.9 Å². The molecule has 0 atom stereocenters. The minimum Gasteiger partial charge on any atom is -0.455 e. The number of furan rings is 1. The molecular formula is C124H84N2OS. The lowest BCUT2D eigenvalue weighted by Gasteiger charge is -2.30. The first-order valence-corrected chi connectivity index (χ1v) is 45.3. The van der Waals surface area contributed by atoms with Gasteiger partial charge in [-0.1, -0.05) is 361 Å². The van der Waals surface area contributed by atoms with Crippen LogP contribution in [-0.2, 0) is 10.8 Å². The zero-order chi connectivity index (χ0) is 85.0. The van der Waals surface area contributed by atoms with Crippen molar-refractivity contribution in [1.82, 2.24) is 0 Å². The minimum absolute atomic E-state index is 0.326. The molecule has 0 bridgehead atoms. The van der Waals surface area contributed by atoms with Gasteiger partial charge < -0.3 is 14.2 Å². The average Bonchev–Trinajstić information content (AvgIpc) is 1.64. The Morgan fingerprint density at radius 3 is 1.16 bits per heavy atom. The monoisotopic (exact) mass is 1650 g/mol. The van der Waals surface area contributed by atoms with E-state index in [1.165, 1.54) is 152 Å². The zero-order valence-electron chi connectivity index (χ0n) is 71.3. The van der Waals surface area contributed by atoms with Gasteiger partial charge in [-0.2, -0.15) is 0 Å². The molecular weight excluding hydrogens is 1570 g/mol. The van der Waals surface area contributed by atoms with Crippen molar-refractivity contribution in [2.45, 2.75) is 38.5 Å². The highest BCUT2D eigenvalue weighted by atomic mass is 32.1. The summed E-state index contributed by atoms with van der Waals surface area (Å²) in [6, 6.07) is 163. The molecule has 602 valence electrons. The fourth-order valence-electron chi connectivity index (χ4n) is 21.4. The molecule has 2 aliphatic rings. The first-order valence-electron chi connectivity index (χ1n) is 44.5. The average molecular weight is 1650 g/mol. The normalized spacial score (nSPS) is 13.0. The van der Waals surface area contributed by atoms with E-state index >= 15 is 0 Å². The summed E-state index contributed by atoms with van der Waals surface area (Å²) in [5, 5.41) is 14.8. The highest BCUT2D eigenvalue weighted by Crippen LogP contribution is 2.57. The number of hydrogen-bond donors (Lipinski definition) is 0. The molecule has 0 radical (unpaired) electrons. The summed E-state index contributed by atoms with van der Waals surface area (Å²) in [6.45, 7) is 9.69. The van der Waals surface area contributed by atoms with Gasteiger partial charge in [-0.15, -0.1) is 11.3 Å². The molecule has 0 aliphatic heterocycles. The van der Waals surface area contributed by atoms with Gasteiger partial charge in [0, 0.05) is 81.2 Å². The topological polar surface area (TPSA) is 19.6 Å². The van der Waals surface area contributed by atoms with E-state index in [2.05, 4.69) is 474 Å². The molecule has 4 heteroatoms. The van der Waals surface area contributed by atoms with Crippen molar-refractivity contribution in [3.05, 3.63) is 459 Å². The fraction of sp³-hybridized carbons (Fsp3) is 0.0484. The molecule has 25 rings (SSSR count). The van der Waals surface area contributed by atoms with Crippen LogP contribution in [0.2, 0.25) is 0 Å². The Labute approximate surface area is 748 Å². The predicted molar refractivity (Wildman–Crippen MR) is 545 cm³/mol. The van der Waals surface area contributed by atoms with E-state index in [1.54, 1.807) is 0 Å². The number of anilines is 6. The molecule has 3 nitrogen and oxygen atoms in total. The lowest BCUT2D eigenvalue weighted by molar-refractivity contribution is 0.660. The third-order valence-electron chi connectivity index (χ3n) is 27.9. The number of para-hydroxylation sites is 3. The van der Waals surface area contributed by atoms with Gasteiger partial charge >= 0.3 is 0 Å². The van der Waals surface area contributed by atoms with Crippen molar-refractivity contribution in [3.63, 3.8) is 0 Å². The van der Waals surface area contributed by atoms with Crippen LogP contribution in [0.3, 0.4) is 0 Å². The Bertz CT molecular complexity index is 8480. The van der Waals surface area contributed by atoms with Gasteiger partial charge in [0.1, 0.15) is 11.2 Å². The molecule has 0 saturated heterocycles. The molecule has 0 fully saturated rings. The van der Waals surface area contributed by atoms with Crippen LogP contribution in [-0.4, -0.2) is 0 Å².